The second kappa shape index (κ2) is 13.7. The molecule has 7 nitrogen and oxygen atoms in total. The minimum absolute atomic E-state index is 0.0767. The summed E-state index contributed by atoms with van der Waals surface area (Å²) >= 11 is 3.46. The lowest BCUT2D eigenvalue weighted by Crippen LogP contribution is -2.54. The first-order valence-corrected chi connectivity index (χ1v) is 16.6. The zero-order valence-corrected chi connectivity index (χ0v) is 26.2. The van der Waals surface area contributed by atoms with Crippen molar-refractivity contribution < 1.29 is 18.0 Å². The molecule has 1 aliphatic carbocycles. The molecule has 3 aromatic carbocycles. The van der Waals surface area contributed by atoms with E-state index in [1.807, 2.05) is 74.5 Å². The molecule has 1 aliphatic rings. The third-order valence-electron chi connectivity index (χ3n) is 7.76. The summed E-state index contributed by atoms with van der Waals surface area (Å²) in [6.07, 6.45) is 5.38. The minimum atomic E-state index is -3.81. The number of benzene rings is 3. The van der Waals surface area contributed by atoms with Crippen LogP contribution in [-0.4, -0.2) is 50.0 Å². The van der Waals surface area contributed by atoms with Gasteiger partial charge in [0.15, 0.2) is 0 Å². The van der Waals surface area contributed by atoms with E-state index in [2.05, 4.69) is 21.2 Å². The van der Waals surface area contributed by atoms with Crippen LogP contribution < -0.4 is 9.62 Å². The van der Waals surface area contributed by atoms with Crippen LogP contribution in [0.15, 0.2) is 77.3 Å². The number of hydrogen-bond donors (Lipinski definition) is 1. The van der Waals surface area contributed by atoms with Crippen molar-refractivity contribution in [1.29, 1.82) is 0 Å². The van der Waals surface area contributed by atoms with E-state index in [1.54, 1.807) is 17.0 Å². The fourth-order valence-corrected chi connectivity index (χ4v) is 6.47. The van der Waals surface area contributed by atoms with Crippen molar-refractivity contribution in [2.75, 3.05) is 17.1 Å². The third kappa shape index (κ3) is 8.20. The number of carbonyl (C=O) groups is 2. The number of hydrogen-bond acceptors (Lipinski definition) is 4. The van der Waals surface area contributed by atoms with E-state index in [-0.39, 0.29) is 18.5 Å². The molecule has 218 valence electrons. The van der Waals surface area contributed by atoms with Crippen LogP contribution in [0.3, 0.4) is 0 Å². The van der Waals surface area contributed by atoms with Gasteiger partial charge in [0, 0.05) is 23.5 Å². The van der Waals surface area contributed by atoms with Gasteiger partial charge in [-0.2, -0.15) is 0 Å². The van der Waals surface area contributed by atoms with Gasteiger partial charge in [-0.3, -0.25) is 13.9 Å². The van der Waals surface area contributed by atoms with Gasteiger partial charge in [0.05, 0.1) is 11.9 Å². The minimum Gasteiger partial charge on any atom is -0.352 e. The number of carbonyl (C=O) groups excluding carboxylic acids is 2. The van der Waals surface area contributed by atoms with Crippen molar-refractivity contribution in [1.82, 2.24) is 10.2 Å². The van der Waals surface area contributed by atoms with E-state index < -0.39 is 28.5 Å². The standard InChI is InChI=1S/C32H38BrN3O4S/c1-23-10-9-15-29(24(23)2)36(41(3,39)40)22-31(37)35(21-26-16-18-27(33)19-17-26)30(20-25-11-5-4-6-12-25)32(38)34-28-13-7-8-14-28/h4-6,9-12,15-19,28,30H,7-8,13-14,20-22H2,1-3H3,(H,34,38)/t30-/m1/s1. The molecule has 2 amide bonds. The van der Waals surface area contributed by atoms with Crippen molar-refractivity contribution in [3.8, 4) is 0 Å². The summed E-state index contributed by atoms with van der Waals surface area (Å²) in [5.41, 5.74) is 3.92. The molecule has 0 heterocycles. The molecule has 0 radical (unpaired) electrons. The number of halogens is 1. The Morgan fingerprint density at radius 1 is 0.927 bits per heavy atom. The summed E-state index contributed by atoms with van der Waals surface area (Å²) in [5, 5.41) is 3.19. The predicted molar refractivity (Wildman–Crippen MR) is 167 cm³/mol. The average molecular weight is 641 g/mol. The quantitative estimate of drug-likeness (QED) is 0.299. The van der Waals surface area contributed by atoms with Gasteiger partial charge < -0.3 is 10.2 Å². The summed E-state index contributed by atoms with van der Waals surface area (Å²) < 4.78 is 28.1. The molecule has 0 unspecified atom stereocenters. The Morgan fingerprint density at radius 3 is 2.22 bits per heavy atom. The van der Waals surface area contributed by atoms with Crippen molar-refractivity contribution >= 4 is 43.5 Å². The molecule has 1 saturated carbocycles. The summed E-state index contributed by atoms with van der Waals surface area (Å²) in [6.45, 7) is 3.50. The van der Waals surface area contributed by atoms with E-state index in [0.717, 1.165) is 63.0 Å². The average Bonchev–Trinajstić information content (AvgIpc) is 3.45. The lowest BCUT2D eigenvalue weighted by molar-refractivity contribution is -0.140. The number of anilines is 1. The van der Waals surface area contributed by atoms with Crippen LogP contribution in [0, 0.1) is 13.8 Å². The van der Waals surface area contributed by atoms with E-state index >= 15 is 0 Å². The highest BCUT2D eigenvalue weighted by molar-refractivity contribution is 9.10. The number of aryl methyl sites for hydroxylation is 1. The molecule has 3 aromatic rings. The molecule has 1 N–H and O–H groups in total. The summed E-state index contributed by atoms with van der Waals surface area (Å²) in [6, 6.07) is 21.9. The molecule has 41 heavy (non-hydrogen) atoms. The van der Waals surface area contributed by atoms with Gasteiger partial charge in [-0.25, -0.2) is 8.42 Å². The summed E-state index contributed by atoms with van der Waals surface area (Å²) in [4.78, 5) is 29.7. The first-order valence-electron chi connectivity index (χ1n) is 13.9. The Balaban J connectivity index is 1.74. The zero-order valence-electron chi connectivity index (χ0n) is 23.8. The predicted octanol–water partition coefficient (Wildman–Crippen LogP) is 5.53. The highest BCUT2D eigenvalue weighted by Crippen LogP contribution is 2.26. The fourth-order valence-electron chi connectivity index (χ4n) is 5.31. The molecule has 1 atom stereocenters. The van der Waals surface area contributed by atoms with Crippen LogP contribution in [0.1, 0.15) is 47.9 Å². The fraction of sp³-hybridized carbons (Fsp3) is 0.375. The van der Waals surface area contributed by atoms with Crippen molar-refractivity contribution in [3.05, 3.63) is 99.5 Å². The SMILES string of the molecule is Cc1cccc(N(CC(=O)N(Cc2ccc(Br)cc2)[C@H](Cc2ccccc2)C(=O)NC2CCCC2)S(C)(=O)=O)c1C. The van der Waals surface area contributed by atoms with Crippen LogP contribution in [0.5, 0.6) is 0 Å². The maximum absolute atomic E-state index is 14.2. The second-order valence-corrected chi connectivity index (χ2v) is 13.7. The molecule has 0 bridgehead atoms. The second-order valence-electron chi connectivity index (χ2n) is 10.8. The van der Waals surface area contributed by atoms with Gasteiger partial charge >= 0.3 is 0 Å². The van der Waals surface area contributed by atoms with Gasteiger partial charge in [-0.05, 0) is 67.1 Å². The molecule has 4 rings (SSSR count). The Bertz CT molecular complexity index is 1460. The lowest BCUT2D eigenvalue weighted by atomic mass is 10.0. The Morgan fingerprint density at radius 2 is 1.59 bits per heavy atom. The third-order valence-corrected chi connectivity index (χ3v) is 9.42. The van der Waals surface area contributed by atoms with E-state index in [0.29, 0.717) is 12.1 Å². The van der Waals surface area contributed by atoms with Crippen molar-refractivity contribution in [3.63, 3.8) is 0 Å². The molecular weight excluding hydrogens is 602 g/mol. The van der Waals surface area contributed by atoms with E-state index in [1.165, 1.54) is 0 Å². The maximum atomic E-state index is 14.2. The molecule has 9 heteroatoms. The summed E-state index contributed by atoms with van der Waals surface area (Å²) in [7, 11) is -3.81. The number of amides is 2. The maximum Gasteiger partial charge on any atom is 0.244 e. The highest BCUT2D eigenvalue weighted by Gasteiger charge is 2.34. The summed E-state index contributed by atoms with van der Waals surface area (Å²) in [5.74, 6) is -0.661. The van der Waals surface area contributed by atoms with Crippen LogP contribution >= 0.6 is 15.9 Å². The number of sulfonamides is 1. The van der Waals surface area contributed by atoms with Gasteiger partial charge in [0.25, 0.3) is 0 Å². The van der Waals surface area contributed by atoms with Crippen LogP contribution in [0.25, 0.3) is 0 Å². The molecule has 0 spiro atoms. The molecule has 1 fully saturated rings. The van der Waals surface area contributed by atoms with Gasteiger partial charge in [-0.1, -0.05) is 83.4 Å². The van der Waals surface area contributed by atoms with Crippen LogP contribution in [0.2, 0.25) is 0 Å². The van der Waals surface area contributed by atoms with E-state index in [4.69, 9.17) is 0 Å². The van der Waals surface area contributed by atoms with Crippen molar-refractivity contribution in [2.45, 2.75) is 64.6 Å². The van der Waals surface area contributed by atoms with Crippen LogP contribution in [0.4, 0.5) is 5.69 Å². The monoisotopic (exact) mass is 639 g/mol. The molecule has 0 aromatic heterocycles. The Kier molecular flexibility index (Phi) is 10.3. The Hall–Kier alpha value is -3.17. The molecule has 0 aliphatic heterocycles. The van der Waals surface area contributed by atoms with Gasteiger partial charge in [-0.15, -0.1) is 0 Å². The molecular formula is C32H38BrN3O4S. The smallest absolute Gasteiger partial charge is 0.244 e. The number of rotatable bonds is 11. The lowest BCUT2D eigenvalue weighted by Gasteiger charge is -2.34. The molecule has 0 saturated heterocycles. The van der Waals surface area contributed by atoms with Gasteiger partial charge in [0.2, 0.25) is 21.8 Å². The Labute approximate surface area is 252 Å². The van der Waals surface area contributed by atoms with Gasteiger partial charge in [0.1, 0.15) is 12.6 Å². The zero-order chi connectivity index (χ0) is 29.6. The van der Waals surface area contributed by atoms with E-state index in [9.17, 15) is 18.0 Å². The highest BCUT2D eigenvalue weighted by atomic mass is 79.9. The van der Waals surface area contributed by atoms with Crippen molar-refractivity contribution in [2.24, 2.45) is 0 Å². The van der Waals surface area contributed by atoms with Crippen LogP contribution in [-0.2, 0) is 32.6 Å². The first kappa shape index (κ1) is 30.8. The topological polar surface area (TPSA) is 86.8 Å². The number of nitrogens with one attached hydrogen (secondary N) is 1. The first-order chi connectivity index (χ1) is 19.5. The normalized spacial score (nSPS) is 14.4. The largest absolute Gasteiger partial charge is 0.352 e. The number of nitrogens with zero attached hydrogens (tertiary/aromatic N) is 2.